The quantitative estimate of drug-likeness (QED) is 0.770. The van der Waals surface area contributed by atoms with Crippen molar-refractivity contribution in [2.24, 2.45) is 11.1 Å². The number of nitrogens with zero attached hydrogens (tertiary/aromatic N) is 4. The highest BCUT2D eigenvalue weighted by molar-refractivity contribution is 6.00. The number of rotatable bonds is 5. The molecule has 4 rings (SSSR count). The Morgan fingerprint density at radius 3 is 2.73 bits per heavy atom. The lowest BCUT2D eigenvalue weighted by Crippen LogP contribution is -2.30. The number of anilines is 1. The molecule has 160 valence electrons. The second kappa shape index (κ2) is 7.79. The largest absolute Gasteiger partial charge is 0.381 e. The molecule has 30 heavy (non-hydrogen) atoms. The number of ether oxygens (including phenoxy) is 1. The normalized spacial score (nSPS) is 18.8. The summed E-state index contributed by atoms with van der Waals surface area (Å²) in [4.78, 5) is 33.7. The molecule has 1 fully saturated rings. The molecule has 0 unspecified atom stereocenters. The fraction of sp³-hybridized carbons (Fsp3) is 0.571. The molecule has 0 saturated carbocycles. The minimum atomic E-state index is -0.593. The fourth-order valence-electron chi connectivity index (χ4n) is 4.24. The van der Waals surface area contributed by atoms with E-state index in [1.54, 1.807) is 4.68 Å². The van der Waals surface area contributed by atoms with Crippen molar-refractivity contribution < 1.29 is 14.3 Å². The van der Waals surface area contributed by atoms with Gasteiger partial charge < -0.3 is 15.8 Å². The summed E-state index contributed by atoms with van der Waals surface area (Å²) >= 11 is 0. The molecule has 1 amide bonds. The predicted molar refractivity (Wildman–Crippen MR) is 111 cm³/mol. The van der Waals surface area contributed by atoms with E-state index in [1.165, 1.54) is 6.20 Å². The lowest BCUT2D eigenvalue weighted by atomic mass is 9.75. The minimum Gasteiger partial charge on any atom is -0.381 e. The molecular formula is C21H28N6O3. The zero-order chi connectivity index (χ0) is 21.5. The van der Waals surface area contributed by atoms with Crippen LogP contribution in [0.3, 0.4) is 0 Å². The topological polar surface area (TPSA) is 125 Å². The molecule has 2 aliphatic rings. The third-order valence-electron chi connectivity index (χ3n) is 5.75. The van der Waals surface area contributed by atoms with Crippen LogP contribution < -0.4 is 11.1 Å². The Morgan fingerprint density at radius 2 is 2.07 bits per heavy atom. The van der Waals surface area contributed by atoms with E-state index in [4.69, 9.17) is 10.5 Å². The van der Waals surface area contributed by atoms with E-state index in [2.05, 4.69) is 34.2 Å². The Labute approximate surface area is 175 Å². The number of nitrogens with two attached hydrogens (primary N) is 1. The van der Waals surface area contributed by atoms with Crippen molar-refractivity contribution in [1.82, 2.24) is 19.7 Å². The number of Topliss-reactive ketones (excluding diaryl/α,β-unsaturated/α-hetero) is 1. The van der Waals surface area contributed by atoms with Crippen molar-refractivity contribution in [3.8, 4) is 5.95 Å². The number of nitrogens with one attached hydrogen (secondary N) is 1. The minimum absolute atomic E-state index is 0.110. The first-order valence-electron chi connectivity index (χ1n) is 10.4. The first kappa shape index (κ1) is 20.5. The van der Waals surface area contributed by atoms with Crippen LogP contribution in [0.15, 0.2) is 6.20 Å². The van der Waals surface area contributed by atoms with Crippen LogP contribution in [0.2, 0.25) is 0 Å². The van der Waals surface area contributed by atoms with Crippen molar-refractivity contribution in [1.29, 1.82) is 0 Å². The van der Waals surface area contributed by atoms with Crippen LogP contribution in [-0.2, 0) is 17.6 Å². The van der Waals surface area contributed by atoms with Crippen molar-refractivity contribution in [2.45, 2.75) is 58.9 Å². The number of hydrogen-bond acceptors (Lipinski definition) is 7. The van der Waals surface area contributed by atoms with Crippen LogP contribution in [0.25, 0.3) is 5.95 Å². The molecule has 0 bridgehead atoms. The van der Waals surface area contributed by atoms with E-state index in [-0.39, 0.29) is 22.8 Å². The Kier molecular flexibility index (Phi) is 5.31. The smallest absolute Gasteiger partial charge is 0.254 e. The molecule has 2 aromatic rings. The Morgan fingerprint density at radius 1 is 1.33 bits per heavy atom. The fourth-order valence-corrected chi connectivity index (χ4v) is 4.24. The van der Waals surface area contributed by atoms with Crippen molar-refractivity contribution in [3.05, 3.63) is 28.7 Å². The number of hydrogen-bond donors (Lipinski definition) is 2. The summed E-state index contributed by atoms with van der Waals surface area (Å²) in [6.45, 7) is 7.45. The standard InChI is InChI=1S/C21H28N6O3/c1-4-14-17-15(9-21(2,3)10-16(17)28)27(26-14)20-23-11-13(18(22)29)19(25-20)24-12-5-7-30-8-6-12/h11-12H,4-10H2,1-3H3,(H2,22,29)(H,23,24,25). The molecule has 1 saturated heterocycles. The number of carbonyl (C=O) groups is 2. The molecule has 9 heteroatoms. The molecule has 2 aromatic heterocycles. The third-order valence-corrected chi connectivity index (χ3v) is 5.75. The van der Waals surface area contributed by atoms with Gasteiger partial charge in [0.25, 0.3) is 11.9 Å². The van der Waals surface area contributed by atoms with Crippen LogP contribution in [0.5, 0.6) is 0 Å². The van der Waals surface area contributed by atoms with Gasteiger partial charge in [-0.2, -0.15) is 10.1 Å². The van der Waals surface area contributed by atoms with Gasteiger partial charge >= 0.3 is 0 Å². The molecule has 3 N–H and O–H groups in total. The van der Waals surface area contributed by atoms with Gasteiger partial charge in [-0.1, -0.05) is 20.8 Å². The molecule has 0 atom stereocenters. The summed E-state index contributed by atoms with van der Waals surface area (Å²) in [5.74, 6) is 0.238. The van der Waals surface area contributed by atoms with Gasteiger partial charge in [0.05, 0.1) is 22.5 Å². The van der Waals surface area contributed by atoms with E-state index in [1.807, 2.05) is 6.92 Å². The van der Waals surface area contributed by atoms with Gasteiger partial charge in [-0.05, 0) is 31.1 Å². The lowest BCUT2D eigenvalue weighted by Gasteiger charge is -2.29. The molecule has 1 aliphatic carbocycles. The van der Waals surface area contributed by atoms with Crippen LogP contribution >= 0.6 is 0 Å². The van der Waals surface area contributed by atoms with Crippen molar-refractivity contribution >= 4 is 17.5 Å². The van der Waals surface area contributed by atoms with Gasteiger partial charge in [0.2, 0.25) is 0 Å². The van der Waals surface area contributed by atoms with E-state index in [9.17, 15) is 9.59 Å². The summed E-state index contributed by atoms with van der Waals surface area (Å²) in [6.07, 6.45) is 4.91. The summed E-state index contributed by atoms with van der Waals surface area (Å²) in [7, 11) is 0. The lowest BCUT2D eigenvalue weighted by molar-refractivity contribution is 0.0901. The van der Waals surface area contributed by atoms with Gasteiger partial charge in [0.15, 0.2) is 5.78 Å². The van der Waals surface area contributed by atoms with Gasteiger partial charge in [-0.15, -0.1) is 0 Å². The molecule has 3 heterocycles. The second-order valence-corrected chi connectivity index (χ2v) is 8.80. The van der Waals surface area contributed by atoms with E-state index in [0.29, 0.717) is 49.8 Å². The number of aromatic nitrogens is 4. The summed E-state index contributed by atoms with van der Waals surface area (Å²) in [6, 6.07) is 0.137. The molecule has 0 aromatic carbocycles. The Balaban J connectivity index is 1.78. The predicted octanol–water partition coefficient (Wildman–Crippen LogP) is 2.07. The third kappa shape index (κ3) is 3.81. The Hall–Kier alpha value is -2.81. The van der Waals surface area contributed by atoms with E-state index in [0.717, 1.165) is 24.2 Å². The van der Waals surface area contributed by atoms with Gasteiger partial charge in [0.1, 0.15) is 5.82 Å². The van der Waals surface area contributed by atoms with Crippen LogP contribution in [0.1, 0.15) is 72.1 Å². The highest BCUT2D eigenvalue weighted by Gasteiger charge is 2.37. The van der Waals surface area contributed by atoms with Gasteiger partial charge in [0, 0.05) is 31.9 Å². The zero-order valence-electron chi connectivity index (χ0n) is 17.7. The number of ketones is 1. The van der Waals surface area contributed by atoms with Crippen LogP contribution in [0, 0.1) is 5.41 Å². The first-order chi connectivity index (χ1) is 14.3. The summed E-state index contributed by atoms with van der Waals surface area (Å²) in [5.41, 5.74) is 7.90. The summed E-state index contributed by atoms with van der Waals surface area (Å²) < 4.78 is 7.06. The number of primary amides is 1. The second-order valence-electron chi connectivity index (χ2n) is 8.80. The average molecular weight is 412 g/mol. The molecule has 0 spiro atoms. The van der Waals surface area contributed by atoms with Crippen LogP contribution in [0.4, 0.5) is 5.82 Å². The average Bonchev–Trinajstić information content (AvgIpc) is 3.06. The number of fused-ring (bicyclic) bond motifs is 1. The van der Waals surface area contributed by atoms with Gasteiger partial charge in [-0.3, -0.25) is 9.59 Å². The van der Waals surface area contributed by atoms with Crippen molar-refractivity contribution in [3.63, 3.8) is 0 Å². The molecule has 0 radical (unpaired) electrons. The maximum atomic E-state index is 12.8. The van der Waals surface area contributed by atoms with Crippen LogP contribution in [-0.4, -0.2) is 50.7 Å². The molecule has 9 nitrogen and oxygen atoms in total. The monoisotopic (exact) mass is 412 g/mol. The Bertz CT molecular complexity index is 991. The molecular weight excluding hydrogens is 384 g/mol. The van der Waals surface area contributed by atoms with E-state index >= 15 is 0 Å². The SMILES string of the molecule is CCc1nn(-c2ncc(C(N)=O)c(NC3CCOCC3)n2)c2c1C(=O)CC(C)(C)C2. The summed E-state index contributed by atoms with van der Waals surface area (Å²) in [5, 5.41) is 7.99. The molecule has 1 aliphatic heterocycles. The van der Waals surface area contributed by atoms with Gasteiger partial charge in [-0.25, -0.2) is 9.67 Å². The zero-order valence-corrected chi connectivity index (χ0v) is 17.7. The number of amides is 1. The highest BCUT2D eigenvalue weighted by atomic mass is 16.5. The number of aryl methyl sites for hydroxylation is 1. The number of carbonyl (C=O) groups excluding carboxylic acids is 2. The van der Waals surface area contributed by atoms with Crippen molar-refractivity contribution in [2.75, 3.05) is 18.5 Å². The maximum Gasteiger partial charge on any atom is 0.254 e. The highest BCUT2D eigenvalue weighted by Crippen LogP contribution is 2.37. The van der Waals surface area contributed by atoms with E-state index < -0.39 is 5.91 Å². The first-order valence-corrected chi connectivity index (χ1v) is 10.4. The maximum absolute atomic E-state index is 12.8.